The second-order valence-electron chi connectivity index (χ2n) is 5.17. The van der Waals surface area contributed by atoms with Gasteiger partial charge in [-0.1, -0.05) is 6.07 Å². The first-order valence-corrected chi connectivity index (χ1v) is 6.27. The van der Waals surface area contributed by atoms with E-state index < -0.39 is 17.6 Å². The lowest BCUT2D eigenvalue weighted by molar-refractivity contribution is 0.0520. The van der Waals surface area contributed by atoms with E-state index in [-0.39, 0.29) is 6.61 Å². The summed E-state index contributed by atoms with van der Waals surface area (Å²) in [7, 11) is 0. The van der Waals surface area contributed by atoms with Crippen LogP contribution in [0.15, 0.2) is 24.3 Å². The highest BCUT2D eigenvalue weighted by Crippen LogP contribution is 2.12. The van der Waals surface area contributed by atoms with Gasteiger partial charge in [0.15, 0.2) is 0 Å². The molecule has 0 unspecified atom stereocenters. The third kappa shape index (κ3) is 6.08. The number of nitrogens with one attached hydrogen (secondary N) is 1. The summed E-state index contributed by atoms with van der Waals surface area (Å²) >= 11 is 0. The van der Waals surface area contributed by atoms with Gasteiger partial charge in [-0.25, -0.2) is 4.79 Å². The fourth-order valence-electron chi connectivity index (χ4n) is 1.38. The number of hydrogen-bond donors (Lipinski definition) is 2. The first-order valence-electron chi connectivity index (χ1n) is 6.27. The predicted octanol–water partition coefficient (Wildman–Crippen LogP) is 1.69. The molecule has 0 bridgehead atoms. The van der Waals surface area contributed by atoms with Gasteiger partial charge in [-0.2, -0.15) is 0 Å². The number of alkyl carbamates (subject to hydrolysis) is 1. The Morgan fingerprint density at radius 3 is 2.60 bits per heavy atom. The number of nitrogens with two attached hydrogens (primary N) is 1. The molecule has 0 radical (unpaired) electrons. The van der Waals surface area contributed by atoms with Crippen molar-refractivity contribution in [2.24, 2.45) is 5.73 Å². The molecule has 0 aliphatic heterocycles. The van der Waals surface area contributed by atoms with E-state index in [1.807, 2.05) is 0 Å². The van der Waals surface area contributed by atoms with Crippen LogP contribution < -0.4 is 15.8 Å². The summed E-state index contributed by atoms with van der Waals surface area (Å²) in [5, 5.41) is 2.57. The Kier molecular flexibility index (Phi) is 5.37. The minimum atomic E-state index is -0.527. The van der Waals surface area contributed by atoms with E-state index in [4.69, 9.17) is 15.2 Å². The van der Waals surface area contributed by atoms with Gasteiger partial charge >= 0.3 is 6.09 Å². The maximum atomic E-state index is 11.4. The van der Waals surface area contributed by atoms with Crippen molar-refractivity contribution in [3.05, 3.63) is 29.8 Å². The van der Waals surface area contributed by atoms with Gasteiger partial charge < -0.3 is 20.5 Å². The average Bonchev–Trinajstić information content (AvgIpc) is 2.33. The van der Waals surface area contributed by atoms with E-state index in [2.05, 4.69) is 5.32 Å². The Morgan fingerprint density at radius 1 is 1.30 bits per heavy atom. The Morgan fingerprint density at radius 2 is 2.00 bits per heavy atom. The molecular formula is C14H20N2O4. The maximum absolute atomic E-state index is 11.4. The molecule has 0 fully saturated rings. The zero-order valence-electron chi connectivity index (χ0n) is 11.9. The minimum Gasteiger partial charge on any atom is -0.492 e. The lowest BCUT2D eigenvalue weighted by Gasteiger charge is -2.19. The summed E-state index contributed by atoms with van der Waals surface area (Å²) < 4.78 is 10.5. The number of hydrogen-bond acceptors (Lipinski definition) is 4. The van der Waals surface area contributed by atoms with E-state index in [1.165, 1.54) is 0 Å². The van der Waals surface area contributed by atoms with Crippen LogP contribution in [0.4, 0.5) is 4.79 Å². The number of amides is 2. The van der Waals surface area contributed by atoms with E-state index >= 15 is 0 Å². The number of carbonyl (C=O) groups is 2. The topological polar surface area (TPSA) is 90.7 Å². The number of ether oxygens (including phenoxy) is 2. The summed E-state index contributed by atoms with van der Waals surface area (Å²) in [5.74, 6) is 0.00891. The van der Waals surface area contributed by atoms with Gasteiger partial charge in [0.1, 0.15) is 18.0 Å². The van der Waals surface area contributed by atoms with Gasteiger partial charge in [0.05, 0.1) is 6.54 Å². The highest BCUT2D eigenvalue weighted by Gasteiger charge is 2.15. The molecule has 2 amide bonds. The van der Waals surface area contributed by atoms with Crippen LogP contribution in [-0.4, -0.2) is 30.8 Å². The SMILES string of the molecule is CC(C)(C)OC(=O)NCCOc1cccc(C(N)=O)c1. The molecule has 1 rings (SSSR count). The van der Waals surface area contributed by atoms with Gasteiger partial charge in [-0.15, -0.1) is 0 Å². The fourth-order valence-corrected chi connectivity index (χ4v) is 1.38. The average molecular weight is 280 g/mol. The predicted molar refractivity (Wildman–Crippen MR) is 74.7 cm³/mol. The Hall–Kier alpha value is -2.24. The molecule has 110 valence electrons. The van der Waals surface area contributed by atoms with E-state index in [1.54, 1.807) is 45.0 Å². The number of carbonyl (C=O) groups excluding carboxylic acids is 2. The smallest absolute Gasteiger partial charge is 0.407 e. The third-order valence-electron chi connectivity index (χ3n) is 2.16. The van der Waals surface area contributed by atoms with Gasteiger partial charge in [0.25, 0.3) is 0 Å². The van der Waals surface area contributed by atoms with Crippen LogP contribution in [-0.2, 0) is 4.74 Å². The van der Waals surface area contributed by atoms with Crippen molar-refractivity contribution in [1.29, 1.82) is 0 Å². The van der Waals surface area contributed by atoms with E-state index in [9.17, 15) is 9.59 Å². The second-order valence-corrected chi connectivity index (χ2v) is 5.17. The van der Waals surface area contributed by atoms with Crippen molar-refractivity contribution < 1.29 is 19.1 Å². The van der Waals surface area contributed by atoms with Crippen molar-refractivity contribution >= 4 is 12.0 Å². The number of rotatable bonds is 5. The summed E-state index contributed by atoms with van der Waals surface area (Å²) in [4.78, 5) is 22.4. The maximum Gasteiger partial charge on any atom is 0.407 e. The van der Waals surface area contributed by atoms with Crippen molar-refractivity contribution in [2.75, 3.05) is 13.2 Å². The summed E-state index contributed by atoms with van der Waals surface area (Å²) in [6.45, 7) is 5.94. The highest BCUT2D eigenvalue weighted by atomic mass is 16.6. The lowest BCUT2D eigenvalue weighted by Crippen LogP contribution is -2.34. The van der Waals surface area contributed by atoms with Crippen molar-refractivity contribution in [3.63, 3.8) is 0 Å². The summed E-state index contributed by atoms with van der Waals surface area (Å²) in [6.07, 6.45) is -0.494. The van der Waals surface area contributed by atoms with Gasteiger partial charge in [0, 0.05) is 5.56 Å². The summed E-state index contributed by atoms with van der Waals surface area (Å²) in [5.41, 5.74) is 5.02. The highest BCUT2D eigenvalue weighted by molar-refractivity contribution is 5.93. The molecule has 0 heterocycles. The molecule has 0 saturated heterocycles. The van der Waals surface area contributed by atoms with Crippen LogP contribution in [0.25, 0.3) is 0 Å². The van der Waals surface area contributed by atoms with Crippen LogP contribution >= 0.6 is 0 Å². The molecule has 0 aromatic heterocycles. The van der Waals surface area contributed by atoms with E-state index in [0.717, 1.165) is 0 Å². The fraction of sp³-hybridized carbons (Fsp3) is 0.429. The van der Waals surface area contributed by atoms with Gasteiger partial charge in [-0.3, -0.25) is 4.79 Å². The molecule has 0 aliphatic carbocycles. The molecule has 0 spiro atoms. The van der Waals surface area contributed by atoms with Crippen LogP contribution in [0.5, 0.6) is 5.75 Å². The summed E-state index contributed by atoms with van der Waals surface area (Å²) in [6, 6.07) is 6.54. The third-order valence-corrected chi connectivity index (χ3v) is 2.16. The van der Waals surface area contributed by atoms with Crippen molar-refractivity contribution in [3.8, 4) is 5.75 Å². The standard InChI is InChI=1S/C14H20N2O4/c1-14(2,3)20-13(18)16-7-8-19-11-6-4-5-10(9-11)12(15)17/h4-6,9H,7-8H2,1-3H3,(H2,15,17)(H,16,18). The molecule has 6 nitrogen and oxygen atoms in total. The van der Waals surface area contributed by atoms with Crippen LogP contribution in [0, 0.1) is 0 Å². The quantitative estimate of drug-likeness (QED) is 0.803. The van der Waals surface area contributed by atoms with Crippen LogP contribution in [0.3, 0.4) is 0 Å². The first-order chi connectivity index (χ1) is 9.28. The van der Waals surface area contributed by atoms with Crippen molar-refractivity contribution in [1.82, 2.24) is 5.32 Å². The first kappa shape index (κ1) is 15.8. The second kappa shape index (κ2) is 6.79. The Balaban J connectivity index is 2.33. The minimum absolute atomic E-state index is 0.265. The molecule has 1 aromatic rings. The largest absolute Gasteiger partial charge is 0.492 e. The molecular weight excluding hydrogens is 260 g/mol. The zero-order valence-corrected chi connectivity index (χ0v) is 11.9. The van der Waals surface area contributed by atoms with Crippen LogP contribution in [0.2, 0.25) is 0 Å². The molecule has 6 heteroatoms. The van der Waals surface area contributed by atoms with Crippen LogP contribution in [0.1, 0.15) is 31.1 Å². The molecule has 0 saturated carbocycles. The normalized spacial score (nSPS) is 10.8. The Bertz CT molecular complexity index is 480. The molecule has 20 heavy (non-hydrogen) atoms. The zero-order chi connectivity index (χ0) is 15.2. The monoisotopic (exact) mass is 280 g/mol. The van der Waals surface area contributed by atoms with Gasteiger partial charge in [-0.05, 0) is 39.0 Å². The molecule has 0 atom stereocenters. The van der Waals surface area contributed by atoms with E-state index in [0.29, 0.717) is 17.9 Å². The number of primary amides is 1. The lowest BCUT2D eigenvalue weighted by atomic mass is 10.2. The molecule has 3 N–H and O–H groups in total. The van der Waals surface area contributed by atoms with Gasteiger partial charge in [0.2, 0.25) is 5.91 Å². The Labute approximate surface area is 118 Å². The number of benzene rings is 1. The van der Waals surface area contributed by atoms with Crippen molar-refractivity contribution in [2.45, 2.75) is 26.4 Å². The molecule has 1 aromatic carbocycles. The molecule has 0 aliphatic rings.